The summed E-state index contributed by atoms with van der Waals surface area (Å²) in [6.07, 6.45) is 0.305. The first-order valence-corrected chi connectivity index (χ1v) is 9.90. The van der Waals surface area contributed by atoms with Gasteiger partial charge in [0.2, 0.25) is 5.82 Å². The first-order valence-electron chi connectivity index (χ1n) is 9.90. The molecule has 0 spiro atoms. The highest BCUT2D eigenvalue weighted by Gasteiger charge is 2.52. The highest BCUT2D eigenvalue weighted by Crippen LogP contribution is 2.31. The van der Waals surface area contributed by atoms with Crippen LogP contribution < -0.4 is 10.7 Å². The Kier molecular flexibility index (Phi) is 5.39. The summed E-state index contributed by atoms with van der Waals surface area (Å²) in [6, 6.07) is 12.5. The first kappa shape index (κ1) is 21.1. The number of nitrogens with zero attached hydrogens (tertiary/aromatic N) is 5. The summed E-state index contributed by atoms with van der Waals surface area (Å²) in [5, 5.41) is 15.1. The Morgan fingerprint density at radius 3 is 2.62 bits per heavy atom. The zero-order valence-corrected chi connectivity index (χ0v) is 17.4. The van der Waals surface area contributed by atoms with E-state index in [4.69, 9.17) is 0 Å². The van der Waals surface area contributed by atoms with Gasteiger partial charge >= 0.3 is 6.03 Å². The van der Waals surface area contributed by atoms with E-state index in [0.29, 0.717) is 28.1 Å². The Hall–Kier alpha value is -4.15. The number of aryl methyl sites for hydroxylation is 1. The molecule has 164 valence electrons. The van der Waals surface area contributed by atoms with Gasteiger partial charge in [-0.25, -0.2) is 9.18 Å². The fraction of sp³-hybridized carbons (Fsp3) is 0.238. The van der Waals surface area contributed by atoms with Crippen molar-refractivity contribution in [1.82, 2.24) is 36.0 Å². The van der Waals surface area contributed by atoms with Crippen molar-refractivity contribution >= 4 is 17.8 Å². The topological polar surface area (TPSA) is 122 Å². The molecule has 4 amide bonds. The summed E-state index contributed by atoms with van der Waals surface area (Å²) in [5.74, 6) is -1.41. The van der Waals surface area contributed by atoms with Gasteiger partial charge in [-0.05, 0) is 47.9 Å². The minimum Gasteiger partial charge on any atom is -0.318 e. The molecule has 0 bridgehead atoms. The largest absolute Gasteiger partial charge is 0.344 e. The minimum atomic E-state index is -1.26. The third-order valence-corrected chi connectivity index (χ3v) is 5.28. The lowest BCUT2D eigenvalue weighted by Crippen LogP contribution is -2.49. The van der Waals surface area contributed by atoms with Crippen LogP contribution in [0.3, 0.4) is 0 Å². The van der Waals surface area contributed by atoms with Crippen molar-refractivity contribution in [3.63, 3.8) is 0 Å². The van der Waals surface area contributed by atoms with Crippen molar-refractivity contribution in [2.75, 3.05) is 0 Å². The predicted molar refractivity (Wildman–Crippen MR) is 110 cm³/mol. The molecule has 32 heavy (non-hydrogen) atoms. The van der Waals surface area contributed by atoms with Crippen LogP contribution in [0.1, 0.15) is 24.5 Å². The molecule has 2 aromatic carbocycles. The van der Waals surface area contributed by atoms with E-state index in [0.717, 1.165) is 4.80 Å². The molecule has 2 heterocycles. The molecule has 0 radical (unpaired) electrons. The van der Waals surface area contributed by atoms with Crippen LogP contribution in [0.2, 0.25) is 0 Å². The van der Waals surface area contributed by atoms with Crippen LogP contribution in [-0.4, -0.2) is 43.1 Å². The number of nitrogens with one attached hydrogen (secondary N) is 2. The molecule has 2 N–H and O–H groups in total. The summed E-state index contributed by atoms with van der Waals surface area (Å²) in [6.45, 7) is 3.00. The zero-order valence-electron chi connectivity index (χ0n) is 17.4. The number of imide groups is 1. The monoisotopic (exact) mass is 437 g/mol. The number of urea groups is 1. The summed E-state index contributed by atoms with van der Waals surface area (Å²) >= 11 is 0. The SMILES string of the molecule is CCC1(c2ccccc2)NC(=O)N(NC(=O)Cn2nnc(-c3ccc(F)c(C)c3)n2)C1=O. The lowest BCUT2D eigenvalue weighted by molar-refractivity contribution is -0.139. The van der Waals surface area contributed by atoms with Gasteiger partial charge in [-0.3, -0.25) is 15.0 Å². The van der Waals surface area contributed by atoms with Crippen LogP contribution in [0.25, 0.3) is 11.4 Å². The number of amides is 4. The molecule has 1 unspecified atom stereocenters. The summed E-state index contributed by atoms with van der Waals surface area (Å²) in [7, 11) is 0. The maximum Gasteiger partial charge on any atom is 0.344 e. The number of benzene rings is 2. The first-order chi connectivity index (χ1) is 15.3. The van der Waals surface area contributed by atoms with Crippen LogP contribution in [-0.2, 0) is 21.7 Å². The van der Waals surface area contributed by atoms with Gasteiger partial charge in [0.1, 0.15) is 17.9 Å². The number of aromatic nitrogens is 4. The predicted octanol–water partition coefficient (Wildman–Crippen LogP) is 1.68. The van der Waals surface area contributed by atoms with Crippen molar-refractivity contribution in [2.24, 2.45) is 0 Å². The Labute approximate surface area is 182 Å². The number of carbonyl (C=O) groups excluding carboxylic acids is 3. The summed E-state index contributed by atoms with van der Waals surface area (Å²) < 4.78 is 13.5. The highest BCUT2D eigenvalue weighted by atomic mass is 19.1. The Morgan fingerprint density at radius 1 is 1.19 bits per heavy atom. The summed E-state index contributed by atoms with van der Waals surface area (Å²) in [4.78, 5) is 39.0. The Balaban J connectivity index is 1.46. The van der Waals surface area contributed by atoms with E-state index in [1.165, 1.54) is 12.1 Å². The molecule has 3 aromatic rings. The second kappa shape index (κ2) is 8.17. The van der Waals surface area contributed by atoms with Crippen molar-refractivity contribution in [1.29, 1.82) is 0 Å². The Morgan fingerprint density at radius 2 is 1.94 bits per heavy atom. The molecule has 11 heteroatoms. The third kappa shape index (κ3) is 3.68. The molecule has 1 aliphatic rings. The van der Waals surface area contributed by atoms with Crippen LogP contribution in [0, 0.1) is 12.7 Å². The van der Waals surface area contributed by atoms with E-state index in [9.17, 15) is 18.8 Å². The van der Waals surface area contributed by atoms with Crippen LogP contribution >= 0.6 is 0 Å². The molecule has 4 rings (SSSR count). The number of hydrogen-bond acceptors (Lipinski definition) is 6. The average Bonchev–Trinajstić information content (AvgIpc) is 3.34. The lowest BCUT2D eigenvalue weighted by Gasteiger charge is -2.25. The molecule has 1 aliphatic heterocycles. The number of hydrazine groups is 1. The second-order valence-corrected chi connectivity index (χ2v) is 7.34. The van der Waals surface area contributed by atoms with Crippen molar-refractivity contribution in [3.8, 4) is 11.4 Å². The van der Waals surface area contributed by atoms with Gasteiger partial charge in [0.05, 0.1) is 0 Å². The van der Waals surface area contributed by atoms with Gasteiger partial charge in [0.25, 0.3) is 11.8 Å². The van der Waals surface area contributed by atoms with E-state index in [1.54, 1.807) is 50.2 Å². The number of rotatable bonds is 6. The normalized spacial score (nSPS) is 18.0. The molecule has 1 saturated heterocycles. The fourth-order valence-corrected chi connectivity index (χ4v) is 3.54. The number of carbonyl (C=O) groups is 3. The lowest BCUT2D eigenvalue weighted by atomic mass is 9.87. The van der Waals surface area contributed by atoms with Crippen LogP contribution in [0.4, 0.5) is 9.18 Å². The van der Waals surface area contributed by atoms with Gasteiger partial charge in [0, 0.05) is 5.56 Å². The third-order valence-electron chi connectivity index (χ3n) is 5.28. The molecular weight excluding hydrogens is 417 g/mol. The van der Waals surface area contributed by atoms with Gasteiger partial charge in [-0.2, -0.15) is 9.81 Å². The zero-order chi connectivity index (χ0) is 22.9. The van der Waals surface area contributed by atoms with Crippen LogP contribution in [0.5, 0.6) is 0 Å². The quantitative estimate of drug-likeness (QED) is 0.566. The maximum atomic E-state index is 13.5. The average molecular weight is 437 g/mol. The molecule has 0 saturated carbocycles. The molecule has 10 nitrogen and oxygen atoms in total. The van der Waals surface area contributed by atoms with Crippen molar-refractivity contribution in [3.05, 3.63) is 65.5 Å². The van der Waals surface area contributed by atoms with E-state index in [-0.39, 0.29) is 18.2 Å². The second-order valence-electron chi connectivity index (χ2n) is 7.34. The van der Waals surface area contributed by atoms with Gasteiger partial charge < -0.3 is 5.32 Å². The molecule has 1 fully saturated rings. The van der Waals surface area contributed by atoms with Gasteiger partial charge in [0.15, 0.2) is 0 Å². The van der Waals surface area contributed by atoms with E-state index in [2.05, 4.69) is 26.2 Å². The highest BCUT2D eigenvalue weighted by molar-refractivity contribution is 6.08. The minimum absolute atomic E-state index is 0.213. The number of halogens is 1. The molecule has 1 atom stereocenters. The number of hydrogen-bond donors (Lipinski definition) is 2. The molecular formula is C21H20FN7O3. The fourth-order valence-electron chi connectivity index (χ4n) is 3.54. The number of tetrazole rings is 1. The van der Waals surface area contributed by atoms with Gasteiger partial charge in [-0.1, -0.05) is 37.3 Å². The van der Waals surface area contributed by atoms with E-state index in [1.807, 2.05) is 0 Å². The smallest absolute Gasteiger partial charge is 0.318 e. The standard InChI is InChI=1S/C21H20FN7O3/c1-3-21(15-7-5-4-6-8-15)19(31)29(20(32)23-21)25-17(30)12-28-26-18(24-27-28)14-9-10-16(22)13(2)11-14/h4-11H,3,12H2,1-2H3,(H,23,32)(H,25,30). The Bertz CT molecular complexity index is 1200. The summed E-state index contributed by atoms with van der Waals surface area (Å²) in [5.41, 5.74) is 2.63. The maximum absolute atomic E-state index is 13.5. The van der Waals surface area contributed by atoms with Crippen molar-refractivity contribution in [2.45, 2.75) is 32.4 Å². The van der Waals surface area contributed by atoms with Gasteiger partial charge in [-0.15, -0.1) is 10.2 Å². The molecule has 1 aromatic heterocycles. The molecule has 0 aliphatic carbocycles. The van der Waals surface area contributed by atoms with Crippen molar-refractivity contribution < 1.29 is 18.8 Å². The van der Waals surface area contributed by atoms with Crippen LogP contribution in [0.15, 0.2) is 48.5 Å². The van der Waals surface area contributed by atoms with E-state index >= 15 is 0 Å². The van der Waals surface area contributed by atoms with E-state index < -0.39 is 23.4 Å².